The lowest BCUT2D eigenvalue weighted by molar-refractivity contribution is 0.102. The van der Waals surface area contributed by atoms with E-state index in [2.05, 4.69) is 16.0 Å². The number of ether oxygens (including phenoxy) is 1. The molecule has 0 saturated heterocycles. The Kier molecular flexibility index (Phi) is 8.03. The summed E-state index contributed by atoms with van der Waals surface area (Å²) in [4.78, 5) is 12.2. The average Bonchev–Trinajstić information content (AvgIpc) is 2.77. The minimum absolute atomic E-state index is 0.0145. The number of benzene rings is 3. The number of carbonyl (C=O) groups excluding carboxylic acids is 1. The lowest BCUT2D eigenvalue weighted by Crippen LogP contribution is -2.19. The van der Waals surface area contributed by atoms with Crippen LogP contribution in [0.25, 0.3) is 0 Å². The molecule has 0 bridgehead atoms. The van der Waals surface area contributed by atoms with E-state index >= 15 is 0 Å². The van der Waals surface area contributed by atoms with Gasteiger partial charge in [0.15, 0.2) is 5.11 Å². The van der Waals surface area contributed by atoms with Crippen LogP contribution in [0.2, 0.25) is 5.02 Å². The molecule has 3 aromatic rings. The summed E-state index contributed by atoms with van der Waals surface area (Å²) >= 11 is 11.7. The third kappa shape index (κ3) is 6.42. The first-order valence-electron chi connectivity index (χ1n) is 10.1. The van der Waals surface area contributed by atoms with Gasteiger partial charge in [0.1, 0.15) is 11.6 Å². The van der Waals surface area contributed by atoms with Crippen LogP contribution in [0.3, 0.4) is 0 Å². The molecule has 166 valence electrons. The highest BCUT2D eigenvalue weighted by Gasteiger charge is 2.11. The molecular weight excluding hydrogens is 449 g/mol. The van der Waals surface area contributed by atoms with Crippen molar-refractivity contribution < 1.29 is 13.9 Å². The Morgan fingerprint density at radius 1 is 1.00 bits per heavy atom. The highest BCUT2D eigenvalue weighted by Crippen LogP contribution is 2.29. The van der Waals surface area contributed by atoms with Crippen LogP contribution < -0.4 is 20.7 Å². The Morgan fingerprint density at radius 3 is 2.22 bits per heavy atom. The fourth-order valence-corrected chi connectivity index (χ4v) is 3.21. The molecular formula is C24H23ClFN3O2S. The summed E-state index contributed by atoms with van der Waals surface area (Å²) in [6.07, 6.45) is 0.962. The average molecular weight is 472 g/mol. The Balaban J connectivity index is 1.56. The van der Waals surface area contributed by atoms with Crippen molar-refractivity contribution >= 4 is 51.9 Å². The maximum absolute atomic E-state index is 13.7. The van der Waals surface area contributed by atoms with Gasteiger partial charge in [0, 0.05) is 17.1 Å². The second kappa shape index (κ2) is 10.9. The first kappa shape index (κ1) is 23.5. The van der Waals surface area contributed by atoms with E-state index in [0.29, 0.717) is 27.3 Å². The number of anilines is 3. The van der Waals surface area contributed by atoms with Crippen LogP contribution in [0.4, 0.5) is 21.5 Å². The normalized spacial score (nSPS) is 11.4. The van der Waals surface area contributed by atoms with Crippen LogP contribution in [-0.2, 0) is 0 Å². The Bertz CT molecular complexity index is 1110. The number of thiocarbonyl (C=S) groups is 1. The third-order valence-corrected chi connectivity index (χ3v) is 5.11. The van der Waals surface area contributed by atoms with Gasteiger partial charge < -0.3 is 20.7 Å². The standard InChI is InChI=1S/C24H23ClFN3O2S/c1-3-15(2)31-22-13-12-18(14-20(22)25)29-24(32)28-17-10-8-16(9-11-17)27-23(30)19-6-4-5-7-21(19)26/h4-15H,3H2,1-2H3,(H,27,30)(H2,28,29,32). The number of hydrogen-bond donors (Lipinski definition) is 3. The molecule has 0 heterocycles. The third-order valence-electron chi connectivity index (χ3n) is 4.61. The molecule has 0 radical (unpaired) electrons. The minimum atomic E-state index is -0.570. The van der Waals surface area contributed by atoms with Gasteiger partial charge in [0.25, 0.3) is 5.91 Å². The van der Waals surface area contributed by atoms with Gasteiger partial charge in [-0.1, -0.05) is 30.7 Å². The molecule has 0 aliphatic rings. The molecule has 0 aliphatic heterocycles. The highest BCUT2D eigenvalue weighted by molar-refractivity contribution is 7.80. The number of amides is 1. The molecule has 3 rings (SSSR count). The second-order valence-electron chi connectivity index (χ2n) is 7.07. The molecule has 1 atom stereocenters. The van der Waals surface area contributed by atoms with E-state index in [1.807, 2.05) is 19.9 Å². The van der Waals surface area contributed by atoms with Crippen molar-refractivity contribution in [3.8, 4) is 5.75 Å². The molecule has 0 spiro atoms. The fourth-order valence-electron chi connectivity index (χ4n) is 2.75. The zero-order chi connectivity index (χ0) is 23.1. The van der Waals surface area contributed by atoms with E-state index in [0.717, 1.165) is 12.1 Å². The predicted octanol–water partition coefficient (Wildman–Crippen LogP) is 6.72. The summed E-state index contributed by atoms with van der Waals surface area (Å²) < 4.78 is 19.5. The summed E-state index contributed by atoms with van der Waals surface area (Å²) in [7, 11) is 0. The Labute approximate surface area is 196 Å². The zero-order valence-corrected chi connectivity index (χ0v) is 19.2. The van der Waals surface area contributed by atoms with Crippen LogP contribution in [0, 0.1) is 5.82 Å². The van der Waals surface area contributed by atoms with E-state index in [4.69, 9.17) is 28.6 Å². The molecule has 8 heteroatoms. The molecule has 5 nitrogen and oxygen atoms in total. The van der Waals surface area contributed by atoms with Crippen molar-refractivity contribution in [3.05, 3.63) is 83.1 Å². The molecule has 1 unspecified atom stereocenters. The van der Waals surface area contributed by atoms with Gasteiger partial charge >= 0.3 is 0 Å². The number of nitrogens with one attached hydrogen (secondary N) is 3. The molecule has 0 aliphatic carbocycles. The first-order valence-corrected chi connectivity index (χ1v) is 10.8. The quantitative estimate of drug-likeness (QED) is 0.334. The van der Waals surface area contributed by atoms with Gasteiger partial charge in [-0.25, -0.2) is 4.39 Å². The van der Waals surface area contributed by atoms with Crippen molar-refractivity contribution in [2.45, 2.75) is 26.4 Å². The molecule has 0 fully saturated rings. The number of halogens is 2. The second-order valence-corrected chi connectivity index (χ2v) is 7.89. The van der Waals surface area contributed by atoms with E-state index in [1.165, 1.54) is 18.2 Å². The van der Waals surface area contributed by atoms with Crippen LogP contribution in [0.1, 0.15) is 30.6 Å². The van der Waals surface area contributed by atoms with E-state index in [9.17, 15) is 9.18 Å². The van der Waals surface area contributed by atoms with Crippen LogP contribution in [-0.4, -0.2) is 17.1 Å². The Morgan fingerprint density at radius 2 is 1.59 bits per heavy atom. The zero-order valence-electron chi connectivity index (χ0n) is 17.6. The molecule has 3 aromatic carbocycles. The monoisotopic (exact) mass is 471 g/mol. The summed E-state index contributed by atoms with van der Waals surface area (Å²) in [6.45, 7) is 4.03. The summed E-state index contributed by atoms with van der Waals surface area (Å²) in [5.41, 5.74) is 1.96. The smallest absolute Gasteiger partial charge is 0.258 e. The molecule has 0 aromatic heterocycles. The molecule has 0 saturated carbocycles. The van der Waals surface area contributed by atoms with Crippen LogP contribution >= 0.6 is 23.8 Å². The lowest BCUT2D eigenvalue weighted by Gasteiger charge is -2.15. The SMILES string of the molecule is CCC(C)Oc1ccc(NC(=S)Nc2ccc(NC(=O)c3ccccc3F)cc2)cc1Cl. The van der Waals surface area contributed by atoms with Crippen molar-refractivity contribution in [3.63, 3.8) is 0 Å². The number of rotatable bonds is 7. The van der Waals surface area contributed by atoms with Gasteiger partial charge in [-0.3, -0.25) is 4.79 Å². The lowest BCUT2D eigenvalue weighted by atomic mass is 10.2. The predicted molar refractivity (Wildman–Crippen MR) is 132 cm³/mol. The summed E-state index contributed by atoms with van der Waals surface area (Å²) in [5.74, 6) is -0.462. The van der Waals surface area contributed by atoms with Crippen molar-refractivity contribution in [2.24, 2.45) is 0 Å². The number of hydrogen-bond acceptors (Lipinski definition) is 3. The fraction of sp³-hybridized carbons (Fsp3) is 0.167. The molecule has 3 N–H and O–H groups in total. The van der Waals surface area contributed by atoms with Crippen molar-refractivity contribution in [1.82, 2.24) is 0 Å². The molecule has 32 heavy (non-hydrogen) atoms. The summed E-state index contributed by atoms with van der Waals surface area (Å²) in [5, 5.41) is 9.66. The maximum atomic E-state index is 13.7. The van der Waals surface area contributed by atoms with Gasteiger partial charge in [0.05, 0.1) is 16.7 Å². The van der Waals surface area contributed by atoms with Gasteiger partial charge in [0.2, 0.25) is 0 Å². The number of carbonyl (C=O) groups is 1. The highest BCUT2D eigenvalue weighted by atomic mass is 35.5. The largest absolute Gasteiger partial charge is 0.489 e. The van der Waals surface area contributed by atoms with Crippen molar-refractivity contribution in [2.75, 3.05) is 16.0 Å². The van der Waals surface area contributed by atoms with Gasteiger partial charge in [-0.2, -0.15) is 0 Å². The van der Waals surface area contributed by atoms with Crippen LogP contribution in [0.15, 0.2) is 66.7 Å². The maximum Gasteiger partial charge on any atom is 0.258 e. The first-order chi connectivity index (χ1) is 15.4. The van der Waals surface area contributed by atoms with E-state index in [-0.39, 0.29) is 11.7 Å². The topological polar surface area (TPSA) is 62.4 Å². The molecule has 1 amide bonds. The van der Waals surface area contributed by atoms with Crippen molar-refractivity contribution in [1.29, 1.82) is 0 Å². The Hall–Kier alpha value is -3.16. The summed E-state index contributed by atoms with van der Waals surface area (Å²) in [6, 6.07) is 18.1. The van der Waals surface area contributed by atoms with E-state index < -0.39 is 11.7 Å². The van der Waals surface area contributed by atoms with Crippen LogP contribution in [0.5, 0.6) is 5.75 Å². The van der Waals surface area contributed by atoms with Gasteiger partial charge in [-0.15, -0.1) is 0 Å². The van der Waals surface area contributed by atoms with E-state index in [1.54, 1.807) is 42.5 Å². The van der Waals surface area contributed by atoms with Gasteiger partial charge in [-0.05, 0) is 80.2 Å². The minimum Gasteiger partial charge on any atom is -0.489 e.